The molecule has 2 fully saturated rings. The van der Waals surface area contributed by atoms with Crippen LogP contribution in [0, 0.1) is 13.8 Å². The van der Waals surface area contributed by atoms with E-state index in [4.69, 9.17) is 9.72 Å². The third-order valence-electron chi connectivity index (χ3n) is 6.57. The van der Waals surface area contributed by atoms with Crippen LogP contribution in [0.2, 0.25) is 0 Å². The highest BCUT2D eigenvalue weighted by atomic mass is 32.2. The number of amides is 1. The van der Waals surface area contributed by atoms with E-state index in [1.807, 2.05) is 25.1 Å². The van der Waals surface area contributed by atoms with Crippen molar-refractivity contribution < 1.29 is 22.7 Å². The Morgan fingerprint density at radius 1 is 1.17 bits per heavy atom. The Morgan fingerprint density at radius 2 is 1.94 bits per heavy atom. The van der Waals surface area contributed by atoms with E-state index in [1.54, 1.807) is 23.7 Å². The van der Waals surface area contributed by atoms with Crippen LogP contribution in [0.25, 0.3) is 11.0 Å². The topological polar surface area (TPSA) is 120 Å². The second-order valence-electron chi connectivity index (χ2n) is 9.56. The number of pyridine rings is 1. The molecule has 35 heavy (non-hydrogen) atoms. The smallest absolute Gasteiger partial charge is 0.339 e. The first kappa shape index (κ1) is 23.5. The molecule has 3 aromatic rings. The summed E-state index contributed by atoms with van der Waals surface area (Å²) < 4.78 is 31.4. The monoisotopic (exact) mass is 496 g/mol. The standard InChI is InChI=1S/C25H28N4O5S/c1-14-5-4-6-18(11-14)26-24(30)16(3)34-25(31)20-12-21(17-7-8-17)27-23-22(20)15(2)28-29(23)19-9-10-35(32,33)13-19/h4-6,11-12,16-17,19H,7-10,13H2,1-3H3,(H,26,30). The predicted molar refractivity (Wildman–Crippen MR) is 131 cm³/mol. The molecule has 0 bridgehead atoms. The fourth-order valence-electron chi connectivity index (χ4n) is 4.55. The first-order valence-electron chi connectivity index (χ1n) is 11.8. The van der Waals surface area contributed by atoms with Crippen LogP contribution in [0.1, 0.15) is 65.5 Å². The molecule has 5 rings (SSSR count). The van der Waals surface area contributed by atoms with Crippen LogP contribution in [-0.4, -0.2) is 52.7 Å². The lowest BCUT2D eigenvalue weighted by atomic mass is 10.1. The molecule has 1 saturated carbocycles. The number of aryl methyl sites for hydroxylation is 2. The zero-order chi connectivity index (χ0) is 24.9. The minimum Gasteiger partial charge on any atom is -0.449 e. The number of fused-ring (bicyclic) bond motifs is 1. The van der Waals surface area contributed by atoms with E-state index >= 15 is 0 Å². The van der Waals surface area contributed by atoms with Gasteiger partial charge in [0.05, 0.1) is 34.2 Å². The third kappa shape index (κ3) is 4.80. The number of ether oxygens (including phenoxy) is 1. The maximum atomic E-state index is 13.3. The number of hydrogen-bond donors (Lipinski definition) is 1. The van der Waals surface area contributed by atoms with Gasteiger partial charge in [-0.25, -0.2) is 22.9 Å². The molecule has 1 saturated heterocycles. The molecule has 1 aliphatic carbocycles. The molecular weight excluding hydrogens is 468 g/mol. The largest absolute Gasteiger partial charge is 0.449 e. The van der Waals surface area contributed by atoms with Crippen LogP contribution in [0.4, 0.5) is 5.69 Å². The molecule has 9 nitrogen and oxygen atoms in total. The predicted octanol–water partition coefficient (Wildman–Crippen LogP) is 3.47. The fraction of sp³-hybridized carbons (Fsp3) is 0.440. The van der Waals surface area contributed by atoms with E-state index in [-0.39, 0.29) is 23.5 Å². The van der Waals surface area contributed by atoms with Crippen LogP contribution in [0.15, 0.2) is 30.3 Å². The number of sulfone groups is 1. The van der Waals surface area contributed by atoms with Gasteiger partial charge >= 0.3 is 5.97 Å². The summed E-state index contributed by atoms with van der Waals surface area (Å²) in [5.41, 5.74) is 3.77. The molecule has 1 aliphatic heterocycles. The minimum atomic E-state index is -3.12. The van der Waals surface area contributed by atoms with Gasteiger partial charge < -0.3 is 10.1 Å². The maximum absolute atomic E-state index is 13.3. The van der Waals surface area contributed by atoms with Crippen molar-refractivity contribution in [3.05, 3.63) is 52.8 Å². The zero-order valence-corrected chi connectivity index (χ0v) is 20.8. The highest BCUT2D eigenvalue weighted by Gasteiger charge is 2.34. The summed E-state index contributed by atoms with van der Waals surface area (Å²) >= 11 is 0. The van der Waals surface area contributed by atoms with E-state index < -0.39 is 27.8 Å². The van der Waals surface area contributed by atoms with Gasteiger partial charge in [-0.3, -0.25) is 4.79 Å². The number of carbonyl (C=O) groups excluding carboxylic acids is 2. The summed E-state index contributed by atoms with van der Waals surface area (Å²) in [6.45, 7) is 5.23. The summed E-state index contributed by atoms with van der Waals surface area (Å²) in [6, 6.07) is 8.79. The highest BCUT2D eigenvalue weighted by Crippen LogP contribution is 2.41. The van der Waals surface area contributed by atoms with Crippen molar-refractivity contribution in [2.75, 3.05) is 16.8 Å². The number of carbonyl (C=O) groups is 2. The summed E-state index contributed by atoms with van der Waals surface area (Å²) in [4.78, 5) is 30.8. The quantitative estimate of drug-likeness (QED) is 0.519. The van der Waals surface area contributed by atoms with Crippen molar-refractivity contribution >= 4 is 38.4 Å². The van der Waals surface area contributed by atoms with Gasteiger partial charge in [-0.15, -0.1) is 0 Å². The molecule has 2 unspecified atom stereocenters. The highest BCUT2D eigenvalue weighted by molar-refractivity contribution is 7.91. The van der Waals surface area contributed by atoms with Gasteiger partial charge in [0.2, 0.25) is 0 Å². The molecule has 10 heteroatoms. The van der Waals surface area contributed by atoms with Crippen molar-refractivity contribution in [1.29, 1.82) is 0 Å². The van der Waals surface area contributed by atoms with Gasteiger partial charge in [-0.2, -0.15) is 5.10 Å². The first-order valence-corrected chi connectivity index (χ1v) is 13.6. The molecule has 3 heterocycles. The zero-order valence-electron chi connectivity index (χ0n) is 19.9. The molecule has 1 amide bonds. The normalized spacial score (nSPS) is 20.0. The van der Waals surface area contributed by atoms with E-state index in [0.717, 1.165) is 24.1 Å². The summed E-state index contributed by atoms with van der Waals surface area (Å²) in [5.74, 6) is -0.686. The Bertz CT molecular complexity index is 1440. The summed E-state index contributed by atoms with van der Waals surface area (Å²) in [7, 11) is -3.12. The van der Waals surface area contributed by atoms with Crippen LogP contribution in [-0.2, 0) is 19.4 Å². The molecule has 1 N–H and O–H groups in total. The van der Waals surface area contributed by atoms with Gasteiger partial charge in [0.1, 0.15) is 0 Å². The fourth-order valence-corrected chi connectivity index (χ4v) is 6.24. The molecule has 184 valence electrons. The lowest BCUT2D eigenvalue weighted by Gasteiger charge is -2.15. The SMILES string of the molecule is Cc1cccc(NC(=O)C(C)OC(=O)c2cc(C3CC3)nc3c2c(C)nn3C2CCS(=O)(=O)C2)c1. The Morgan fingerprint density at radius 3 is 2.60 bits per heavy atom. The molecular formula is C25H28N4O5S. The molecule has 0 radical (unpaired) electrons. The minimum absolute atomic E-state index is 0.00843. The Labute approximate surface area is 203 Å². The number of anilines is 1. The number of nitrogens with zero attached hydrogens (tertiary/aromatic N) is 3. The molecule has 2 aliphatic rings. The molecule has 2 atom stereocenters. The second kappa shape index (κ2) is 8.75. The van der Waals surface area contributed by atoms with Gasteiger partial charge in [0.25, 0.3) is 5.91 Å². The van der Waals surface area contributed by atoms with E-state index in [9.17, 15) is 18.0 Å². The van der Waals surface area contributed by atoms with Crippen molar-refractivity contribution in [3.8, 4) is 0 Å². The van der Waals surface area contributed by atoms with E-state index in [1.165, 1.54) is 6.92 Å². The average Bonchev–Trinajstić information content (AvgIpc) is 3.51. The van der Waals surface area contributed by atoms with E-state index in [0.29, 0.717) is 34.4 Å². The molecule has 1 aromatic carbocycles. The number of esters is 1. The molecule has 0 spiro atoms. The number of aromatic nitrogens is 3. The average molecular weight is 497 g/mol. The van der Waals surface area contributed by atoms with Crippen molar-refractivity contribution in [3.63, 3.8) is 0 Å². The van der Waals surface area contributed by atoms with Crippen LogP contribution < -0.4 is 5.32 Å². The number of nitrogens with one attached hydrogen (secondary N) is 1. The van der Waals surface area contributed by atoms with E-state index in [2.05, 4.69) is 10.4 Å². The van der Waals surface area contributed by atoms with Crippen molar-refractivity contribution in [2.45, 2.75) is 58.1 Å². The van der Waals surface area contributed by atoms with Crippen LogP contribution in [0.5, 0.6) is 0 Å². The second-order valence-corrected chi connectivity index (χ2v) is 11.8. The third-order valence-corrected chi connectivity index (χ3v) is 8.32. The number of hydrogen-bond acceptors (Lipinski definition) is 7. The maximum Gasteiger partial charge on any atom is 0.339 e. The lowest BCUT2D eigenvalue weighted by Crippen LogP contribution is -2.30. The number of rotatable bonds is 6. The van der Waals surface area contributed by atoms with Gasteiger partial charge in [-0.1, -0.05) is 12.1 Å². The van der Waals surface area contributed by atoms with Crippen LogP contribution >= 0.6 is 0 Å². The van der Waals surface area contributed by atoms with Crippen molar-refractivity contribution in [2.24, 2.45) is 0 Å². The summed E-state index contributed by atoms with van der Waals surface area (Å²) in [5, 5.41) is 7.89. The Balaban J connectivity index is 1.45. The van der Waals surface area contributed by atoms with Gasteiger partial charge in [0.15, 0.2) is 21.6 Å². The first-order chi connectivity index (χ1) is 16.6. The summed E-state index contributed by atoms with van der Waals surface area (Å²) in [6.07, 6.45) is 1.40. The van der Waals surface area contributed by atoms with Crippen LogP contribution in [0.3, 0.4) is 0 Å². The van der Waals surface area contributed by atoms with Gasteiger partial charge in [0, 0.05) is 17.3 Å². The Kier molecular flexibility index (Phi) is 5.86. The number of benzene rings is 1. The van der Waals surface area contributed by atoms with Gasteiger partial charge in [-0.05, 0) is 63.8 Å². The molecule has 2 aromatic heterocycles. The Hall–Kier alpha value is -3.27. The lowest BCUT2D eigenvalue weighted by molar-refractivity contribution is -0.123. The van der Waals surface area contributed by atoms with Crippen molar-refractivity contribution in [1.82, 2.24) is 14.8 Å².